The van der Waals surface area contributed by atoms with Crippen LogP contribution in [-0.2, 0) is 23.9 Å². The van der Waals surface area contributed by atoms with E-state index in [1.807, 2.05) is 13.0 Å². The van der Waals surface area contributed by atoms with Crippen molar-refractivity contribution in [2.24, 2.45) is 0 Å². The maximum absolute atomic E-state index is 12.7. The monoisotopic (exact) mass is 457 g/mol. The van der Waals surface area contributed by atoms with Crippen molar-refractivity contribution in [1.82, 2.24) is 14.8 Å². The number of carbonyl (C=O) groups excluding carboxylic acids is 1. The van der Waals surface area contributed by atoms with E-state index in [9.17, 15) is 22.8 Å². The molecular formula is C23H18F3N3O4. The average molecular weight is 457 g/mol. The summed E-state index contributed by atoms with van der Waals surface area (Å²) in [6, 6.07) is 8.80. The first-order chi connectivity index (χ1) is 15.7. The van der Waals surface area contributed by atoms with Crippen LogP contribution < -0.4 is 5.63 Å². The number of esters is 1. The van der Waals surface area contributed by atoms with E-state index in [-0.39, 0.29) is 18.0 Å². The Bertz CT molecular complexity index is 1390. The van der Waals surface area contributed by atoms with Gasteiger partial charge in [0.15, 0.2) is 5.82 Å². The highest BCUT2D eigenvalue weighted by molar-refractivity contribution is 5.90. The first kappa shape index (κ1) is 22.3. The molecule has 170 valence electrons. The van der Waals surface area contributed by atoms with Gasteiger partial charge in [0, 0.05) is 23.2 Å². The van der Waals surface area contributed by atoms with Gasteiger partial charge in [-0.2, -0.15) is 18.3 Å². The zero-order valence-corrected chi connectivity index (χ0v) is 17.6. The van der Waals surface area contributed by atoms with Crippen LogP contribution in [-0.4, -0.2) is 20.7 Å². The van der Waals surface area contributed by atoms with Gasteiger partial charge in [0.2, 0.25) is 0 Å². The minimum Gasteiger partial charge on any atom is -0.457 e. The number of halogens is 3. The largest absolute Gasteiger partial charge is 0.457 e. The van der Waals surface area contributed by atoms with Crippen LogP contribution in [0.15, 0.2) is 58.0 Å². The third-order valence-electron chi connectivity index (χ3n) is 5.18. The summed E-state index contributed by atoms with van der Waals surface area (Å²) in [6.07, 6.45) is -1.78. The molecule has 0 aliphatic heterocycles. The number of aryl methyl sites for hydroxylation is 1. The lowest BCUT2D eigenvalue weighted by atomic mass is 10.1. The van der Waals surface area contributed by atoms with Crippen molar-refractivity contribution in [1.29, 1.82) is 0 Å². The second-order valence-electron chi connectivity index (χ2n) is 7.31. The molecule has 0 saturated carbocycles. The Hall–Kier alpha value is -3.95. The molecule has 4 rings (SSSR count). The fourth-order valence-corrected chi connectivity index (χ4v) is 3.35. The van der Waals surface area contributed by atoms with Crippen molar-refractivity contribution in [3.8, 4) is 5.82 Å². The molecule has 0 fully saturated rings. The zero-order valence-electron chi connectivity index (χ0n) is 17.6. The first-order valence-corrected chi connectivity index (χ1v) is 9.98. The van der Waals surface area contributed by atoms with Gasteiger partial charge in [0.05, 0.1) is 17.5 Å². The maximum Gasteiger partial charge on any atom is 0.417 e. The van der Waals surface area contributed by atoms with Crippen molar-refractivity contribution in [3.63, 3.8) is 0 Å². The third-order valence-corrected chi connectivity index (χ3v) is 5.18. The van der Waals surface area contributed by atoms with Gasteiger partial charge < -0.3 is 9.15 Å². The Kier molecular flexibility index (Phi) is 5.75. The van der Waals surface area contributed by atoms with E-state index in [1.54, 1.807) is 19.1 Å². The smallest absolute Gasteiger partial charge is 0.417 e. The van der Waals surface area contributed by atoms with Crippen LogP contribution in [0, 0.1) is 6.92 Å². The summed E-state index contributed by atoms with van der Waals surface area (Å²) in [5.41, 5.74) is 0.923. The molecule has 3 aromatic heterocycles. The third kappa shape index (κ3) is 4.50. The van der Waals surface area contributed by atoms with Crippen molar-refractivity contribution in [2.75, 3.05) is 0 Å². The van der Waals surface area contributed by atoms with E-state index >= 15 is 0 Å². The number of carbonyl (C=O) groups is 1. The van der Waals surface area contributed by atoms with Crippen LogP contribution in [0.3, 0.4) is 0 Å². The molecule has 0 amide bonds. The standard InChI is InChI=1S/C23H18F3N3O4/c1-3-14-4-6-17-15(9-21(30)33-19(17)8-14)12-32-22(31)18-11-28-29(13(18)2)20-7-5-16(10-27-20)23(24,25)26/h4-11H,3,12H2,1-2H3. The topological polar surface area (TPSA) is 87.2 Å². The summed E-state index contributed by atoms with van der Waals surface area (Å²) < 4.78 is 50.1. The Morgan fingerprint density at radius 1 is 1.15 bits per heavy atom. The minimum absolute atomic E-state index is 0.122. The number of aromatic nitrogens is 3. The lowest BCUT2D eigenvalue weighted by Gasteiger charge is -2.09. The van der Waals surface area contributed by atoms with Gasteiger partial charge in [-0.25, -0.2) is 19.3 Å². The number of alkyl halides is 3. The zero-order chi connectivity index (χ0) is 23.8. The molecule has 1 aromatic carbocycles. The number of benzene rings is 1. The number of nitrogens with zero attached hydrogens (tertiary/aromatic N) is 3. The van der Waals surface area contributed by atoms with Crippen molar-refractivity contribution >= 4 is 16.9 Å². The van der Waals surface area contributed by atoms with E-state index in [0.29, 0.717) is 28.4 Å². The molecule has 0 unspecified atom stereocenters. The molecule has 33 heavy (non-hydrogen) atoms. The second-order valence-corrected chi connectivity index (χ2v) is 7.31. The van der Waals surface area contributed by atoms with Gasteiger partial charge in [-0.05, 0) is 37.1 Å². The SMILES string of the molecule is CCc1ccc2c(COC(=O)c3cnn(-c4ccc(C(F)(F)F)cn4)c3C)cc(=O)oc2c1. The van der Waals surface area contributed by atoms with Crippen LogP contribution in [0.4, 0.5) is 13.2 Å². The second kappa shape index (κ2) is 8.53. The molecule has 0 aliphatic carbocycles. The summed E-state index contributed by atoms with van der Waals surface area (Å²) in [5.74, 6) is -0.574. The Morgan fingerprint density at radius 2 is 1.94 bits per heavy atom. The molecule has 0 bridgehead atoms. The van der Waals surface area contributed by atoms with Gasteiger partial charge in [-0.1, -0.05) is 19.1 Å². The molecule has 0 atom stereocenters. The van der Waals surface area contributed by atoms with E-state index in [1.165, 1.54) is 16.9 Å². The maximum atomic E-state index is 12.7. The number of pyridine rings is 1. The van der Waals surface area contributed by atoms with E-state index in [4.69, 9.17) is 9.15 Å². The molecule has 4 aromatic rings. The van der Waals surface area contributed by atoms with Crippen LogP contribution in [0.2, 0.25) is 0 Å². The fourth-order valence-electron chi connectivity index (χ4n) is 3.35. The van der Waals surface area contributed by atoms with E-state index in [0.717, 1.165) is 24.1 Å². The molecular weight excluding hydrogens is 439 g/mol. The van der Waals surface area contributed by atoms with E-state index in [2.05, 4.69) is 10.1 Å². The van der Waals surface area contributed by atoms with Crippen LogP contribution in [0.5, 0.6) is 0 Å². The molecule has 0 aliphatic rings. The summed E-state index contributed by atoms with van der Waals surface area (Å²) in [4.78, 5) is 28.3. The van der Waals surface area contributed by atoms with Gasteiger partial charge in [-0.3, -0.25) is 0 Å². The normalized spacial score (nSPS) is 11.7. The highest BCUT2D eigenvalue weighted by atomic mass is 19.4. The summed E-state index contributed by atoms with van der Waals surface area (Å²) in [7, 11) is 0. The summed E-state index contributed by atoms with van der Waals surface area (Å²) in [6.45, 7) is 3.38. The van der Waals surface area contributed by atoms with Gasteiger partial charge >= 0.3 is 17.8 Å². The molecule has 0 radical (unpaired) electrons. The molecule has 7 nitrogen and oxygen atoms in total. The Morgan fingerprint density at radius 3 is 2.61 bits per heavy atom. The average Bonchev–Trinajstić information content (AvgIpc) is 3.17. The molecule has 0 spiro atoms. The van der Waals surface area contributed by atoms with Gasteiger partial charge in [-0.15, -0.1) is 0 Å². The Balaban J connectivity index is 1.55. The van der Waals surface area contributed by atoms with Crippen molar-refractivity contribution in [3.05, 3.63) is 87.2 Å². The van der Waals surface area contributed by atoms with Crippen LogP contribution in [0.1, 0.15) is 39.7 Å². The predicted molar refractivity (Wildman–Crippen MR) is 112 cm³/mol. The van der Waals surface area contributed by atoms with Crippen molar-refractivity contribution < 1.29 is 27.1 Å². The predicted octanol–water partition coefficient (Wildman–Crippen LogP) is 4.62. The summed E-state index contributed by atoms with van der Waals surface area (Å²) >= 11 is 0. The molecule has 3 heterocycles. The number of ether oxygens (including phenoxy) is 1. The molecule has 0 N–H and O–H groups in total. The van der Waals surface area contributed by atoms with Crippen molar-refractivity contribution in [2.45, 2.75) is 33.1 Å². The Labute approximate surface area is 185 Å². The number of hydrogen-bond acceptors (Lipinski definition) is 6. The number of rotatable bonds is 5. The van der Waals surface area contributed by atoms with Gasteiger partial charge in [0.25, 0.3) is 0 Å². The molecule has 0 saturated heterocycles. The fraction of sp³-hybridized carbons (Fsp3) is 0.217. The van der Waals surface area contributed by atoms with Gasteiger partial charge in [0.1, 0.15) is 17.8 Å². The highest BCUT2D eigenvalue weighted by Crippen LogP contribution is 2.29. The van der Waals surface area contributed by atoms with Crippen LogP contribution in [0.25, 0.3) is 16.8 Å². The minimum atomic E-state index is -4.50. The quantitative estimate of drug-likeness (QED) is 0.321. The molecule has 10 heteroatoms. The highest BCUT2D eigenvalue weighted by Gasteiger charge is 2.31. The first-order valence-electron chi connectivity index (χ1n) is 9.98. The van der Waals surface area contributed by atoms with E-state index < -0.39 is 23.3 Å². The number of hydrogen-bond donors (Lipinski definition) is 0. The summed E-state index contributed by atoms with van der Waals surface area (Å²) in [5, 5.41) is 4.70. The number of fused-ring (bicyclic) bond motifs is 1. The lowest BCUT2D eigenvalue weighted by Crippen LogP contribution is -2.10. The van der Waals surface area contributed by atoms with Crippen LogP contribution >= 0.6 is 0 Å². The lowest BCUT2D eigenvalue weighted by molar-refractivity contribution is -0.137.